The molecule has 130 valence electrons. The summed E-state index contributed by atoms with van der Waals surface area (Å²) in [4.78, 5) is 0.357. The van der Waals surface area contributed by atoms with Gasteiger partial charge in [-0.25, -0.2) is 8.42 Å². The summed E-state index contributed by atoms with van der Waals surface area (Å²) in [6.45, 7) is 3.79. The van der Waals surface area contributed by atoms with Crippen LogP contribution in [0.3, 0.4) is 0 Å². The molecule has 2 rings (SSSR count). The first-order valence-corrected chi connectivity index (χ1v) is 9.87. The van der Waals surface area contributed by atoms with Crippen LogP contribution in [-0.4, -0.2) is 25.9 Å². The third kappa shape index (κ3) is 4.66. The minimum Gasteiger partial charge on any atom is -0.396 e. The quantitative estimate of drug-likeness (QED) is 0.769. The van der Waals surface area contributed by atoms with Crippen molar-refractivity contribution in [1.29, 1.82) is 0 Å². The zero-order valence-corrected chi connectivity index (χ0v) is 15.0. The van der Waals surface area contributed by atoms with Gasteiger partial charge in [0.15, 0.2) is 9.84 Å². The van der Waals surface area contributed by atoms with Crippen LogP contribution in [0.4, 0.5) is 0 Å². The van der Waals surface area contributed by atoms with Gasteiger partial charge in [0.05, 0.1) is 10.6 Å². The number of aliphatic hydroxyl groups is 1. The lowest BCUT2D eigenvalue weighted by atomic mass is 10.0. The van der Waals surface area contributed by atoms with Crippen LogP contribution in [-0.2, 0) is 9.84 Å². The highest BCUT2D eigenvalue weighted by atomic mass is 32.2. The zero-order chi connectivity index (χ0) is 17.6. The fourth-order valence-corrected chi connectivity index (χ4v) is 3.57. The van der Waals surface area contributed by atoms with Gasteiger partial charge in [-0.3, -0.25) is 0 Å². The Hall–Kier alpha value is -1.69. The Kier molecular flexibility index (Phi) is 6.54. The summed E-state index contributed by atoms with van der Waals surface area (Å²) in [5.74, 6) is 0.104. The third-order valence-electron chi connectivity index (χ3n) is 4.19. The van der Waals surface area contributed by atoms with Gasteiger partial charge < -0.3 is 10.4 Å². The van der Waals surface area contributed by atoms with Crippen molar-refractivity contribution in [2.75, 3.05) is 12.4 Å². The molecule has 2 aromatic carbocycles. The van der Waals surface area contributed by atoms with E-state index in [-0.39, 0.29) is 24.4 Å². The van der Waals surface area contributed by atoms with Crippen LogP contribution in [0.2, 0.25) is 0 Å². The molecule has 0 heterocycles. The van der Waals surface area contributed by atoms with Crippen molar-refractivity contribution in [2.45, 2.75) is 37.2 Å². The van der Waals surface area contributed by atoms with Gasteiger partial charge in [-0.05, 0) is 36.6 Å². The van der Waals surface area contributed by atoms with E-state index in [9.17, 15) is 13.5 Å². The summed E-state index contributed by atoms with van der Waals surface area (Å²) < 4.78 is 23.8. The summed E-state index contributed by atoms with van der Waals surface area (Å²) in [5, 5.41) is 12.8. The summed E-state index contributed by atoms with van der Waals surface area (Å²) >= 11 is 0. The molecule has 0 saturated carbocycles. The number of hydrogen-bond acceptors (Lipinski definition) is 4. The average Bonchev–Trinajstić information content (AvgIpc) is 2.62. The molecule has 0 radical (unpaired) electrons. The van der Waals surface area contributed by atoms with Gasteiger partial charge >= 0.3 is 0 Å². The van der Waals surface area contributed by atoms with Crippen LogP contribution in [0, 0.1) is 0 Å². The van der Waals surface area contributed by atoms with Crippen molar-refractivity contribution >= 4 is 9.84 Å². The Morgan fingerprint density at radius 3 is 2.17 bits per heavy atom. The third-order valence-corrected chi connectivity index (χ3v) is 5.94. The van der Waals surface area contributed by atoms with Crippen LogP contribution in [0.15, 0.2) is 59.5 Å². The van der Waals surface area contributed by atoms with Crippen LogP contribution < -0.4 is 5.32 Å². The molecule has 5 heteroatoms. The molecule has 0 fully saturated rings. The van der Waals surface area contributed by atoms with E-state index in [0.29, 0.717) is 11.3 Å². The Morgan fingerprint density at radius 2 is 1.62 bits per heavy atom. The van der Waals surface area contributed by atoms with Gasteiger partial charge in [-0.2, -0.15) is 0 Å². The lowest BCUT2D eigenvalue weighted by molar-refractivity contribution is 0.260. The van der Waals surface area contributed by atoms with E-state index in [1.807, 2.05) is 49.4 Å². The fourth-order valence-electron chi connectivity index (χ4n) is 2.69. The monoisotopic (exact) mass is 347 g/mol. The Morgan fingerprint density at radius 1 is 1.00 bits per heavy atom. The van der Waals surface area contributed by atoms with E-state index in [0.717, 1.165) is 11.1 Å². The molecule has 0 aliphatic heterocycles. The molecule has 0 saturated heterocycles. The maximum Gasteiger partial charge on any atom is 0.178 e. The van der Waals surface area contributed by atoms with E-state index >= 15 is 0 Å². The van der Waals surface area contributed by atoms with Gasteiger partial charge in [0.1, 0.15) is 0 Å². The molecule has 2 aromatic rings. The molecule has 24 heavy (non-hydrogen) atoms. The molecular weight excluding hydrogens is 322 g/mol. The summed E-state index contributed by atoms with van der Waals surface area (Å²) in [7, 11) is -3.17. The molecule has 0 amide bonds. The highest BCUT2D eigenvalue weighted by Crippen LogP contribution is 2.23. The number of rotatable bonds is 8. The topological polar surface area (TPSA) is 66.4 Å². The normalized spacial score (nSPS) is 14.3. The molecule has 1 unspecified atom stereocenters. The SMILES string of the molecule is CCS(=O)(=O)c1ccc(C(C)N[C@H](CCO)c2ccccc2)cc1. The van der Waals surface area contributed by atoms with Crippen LogP contribution >= 0.6 is 0 Å². The van der Waals surface area contributed by atoms with Crippen molar-refractivity contribution in [3.8, 4) is 0 Å². The maximum absolute atomic E-state index is 11.9. The number of aliphatic hydroxyl groups excluding tert-OH is 1. The lowest BCUT2D eigenvalue weighted by Gasteiger charge is -2.24. The Labute approximate surface area is 144 Å². The average molecular weight is 347 g/mol. The first kappa shape index (κ1) is 18.6. The van der Waals surface area contributed by atoms with Crippen LogP contribution in [0.5, 0.6) is 0 Å². The number of hydrogen-bond donors (Lipinski definition) is 2. The van der Waals surface area contributed by atoms with Gasteiger partial charge in [-0.15, -0.1) is 0 Å². The van der Waals surface area contributed by atoms with Crippen LogP contribution in [0.1, 0.15) is 43.5 Å². The molecule has 0 aliphatic rings. The van der Waals surface area contributed by atoms with E-state index in [1.54, 1.807) is 19.1 Å². The van der Waals surface area contributed by atoms with E-state index in [2.05, 4.69) is 5.32 Å². The first-order valence-electron chi connectivity index (χ1n) is 8.22. The van der Waals surface area contributed by atoms with E-state index < -0.39 is 9.84 Å². The van der Waals surface area contributed by atoms with Crippen molar-refractivity contribution < 1.29 is 13.5 Å². The largest absolute Gasteiger partial charge is 0.396 e. The Bertz CT molecular complexity index is 727. The second kappa shape index (κ2) is 8.42. The number of benzene rings is 2. The van der Waals surface area contributed by atoms with Crippen molar-refractivity contribution in [3.05, 3.63) is 65.7 Å². The Balaban J connectivity index is 2.14. The highest BCUT2D eigenvalue weighted by molar-refractivity contribution is 7.91. The van der Waals surface area contributed by atoms with Crippen molar-refractivity contribution in [2.24, 2.45) is 0 Å². The smallest absolute Gasteiger partial charge is 0.178 e. The molecule has 0 aliphatic carbocycles. The van der Waals surface area contributed by atoms with E-state index in [4.69, 9.17) is 0 Å². The van der Waals surface area contributed by atoms with Crippen LogP contribution in [0.25, 0.3) is 0 Å². The minimum absolute atomic E-state index is 0.0418. The fraction of sp³-hybridized carbons (Fsp3) is 0.368. The molecule has 0 aromatic heterocycles. The molecule has 0 bridgehead atoms. The lowest BCUT2D eigenvalue weighted by Crippen LogP contribution is -2.25. The second-order valence-corrected chi connectivity index (χ2v) is 8.11. The molecule has 0 spiro atoms. The van der Waals surface area contributed by atoms with Crippen molar-refractivity contribution in [3.63, 3.8) is 0 Å². The van der Waals surface area contributed by atoms with Gasteiger partial charge in [0.25, 0.3) is 0 Å². The molecule has 2 atom stereocenters. The summed E-state index contributed by atoms with van der Waals surface area (Å²) in [5.41, 5.74) is 2.15. The predicted molar refractivity (Wildman–Crippen MR) is 96.6 cm³/mol. The standard InChI is InChI=1S/C19H25NO3S/c1-3-24(22,23)18-11-9-16(10-12-18)15(2)20-19(13-14-21)17-7-5-4-6-8-17/h4-12,15,19-21H,3,13-14H2,1-2H3/t15?,19-/m1/s1. The van der Waals surface area contributed by atoms with Gasteiger partial charge in [0.2, 0.25) is 0 Å². The van der Waals surface area contributed by atoms with Crippen molar-refractivity contribution in [1.82, 2.24) is 5.32 Å². The zero-order valence-electron chi connectivity index (χ0n) is 14.1. The molecule has 2 N–H and O–H groups in total. The van der Waals surface area contributed by atoms with Gasteiger partial charge in [-0.1, -0.05) is 49.4 Å². The molecule has 4 nitrogen and oxygen atoms in total. The number of sulfone groups is 1. The highest BCUT2D eigenvalue weighted by Gasteiger charge is 2.16. The first-order chi connectivity index (χ1) is 11.5. The summed E-state index contributed by atoms with van der Waals surface area (Å²) in [6.07, 6.45) is 0.622. The second-order valence-electron chi connectivity index (χ2n) is 5.84. The number of nitrogens with one attached hydrogen (secondary N) is 1. The van der Waals surface area contributed by atoms with Gasteiger partial charge in [0, 0.05) is 18.7 Å². The minimum atomic E-state index is -3.17. The van der Waals surface area contributed by atoms with E-state index in [1.165, 1.54) is 0 Å². The molecular formula is C19H25NO3S. The summed E-state index contributed by atoms with van der Waals surface area (Å²) in [6, 6.07) is 17.1. The predicted octanol–water partition coefficient (Wildman–Crippen LogP) is 3.25. The maximum atomic E-state index is 11.9.